The molecular weight excluding hydrogens is 220 g/mol. The summed E-state index contributed by atoms with van der Waals surface area (Å²) in [5, 5.41) is 10.8. The summed E-state index contributed by atoms with van der Waals surface area (Å²) in [5.41, 5.74) is 1.46. The lowest BCUT2D eigenvalue weighted by Gasteiger charge is -2.42. The summed E-state index contributed by atoms with van der Waals surface area (Å²) in [6, 6.07) is 10.5. The zero-order chi connectivity index (χ0) is 12.5. The smallest absolute Gasteiger partial charge is 0.0688 e. The first-order valence-corrected chi connectivity index (χ1v) is 7.46. The van der Waals surface area contributed by atoms with Gasteiger partial charge in [-0.25, -0.2) is 0 Å². The highest BCUT2D eigenvalue weighted by molar-refractivity contribution is 5.17. The predicted molar refractivity (Wildman–Crippen MR) is 74.5 cm³/mol. The van der Waals surface area contributed by atoms with Gasteiger partial charge in [-0.3, -0.25) is 0 Å². The van der Waals surface area contributed by atoms with Gasteiger partial charge in [0.25, 0.3) is 0 Å². The first kappa shape index (κ1) is 12.2. The Bertz CT molecular complexity index is 379. The molecule has 0 atom stereocenters. The van der Waals surface area contributed by atoms with Crippen LogP contribution in [0.15, 0.2) is 30.3 Å². The van der Waals surface area contributed by atoms with E-state index in [2.05, 4.69) is 24.3 Å². The van der Waals surface area contributed by atoms with Gasteiger partial charge in [-0.1, -0.05) is 43.2 Å². The van der Waals surface area contributed by atoms with Crippen molar-refractivity contribution in [2.45, 2.75) is 63.4 Å². The number of aliphatic hydroxyl groups is 1. The summed E-state index contributed by atoms with van der Waals surface area (Å²) in [6.45, 7) is 0. The van der Waals surface area contributed by atoms with Crippen LogP contribution in [0.25, 0.3) is 0 Å². The molecule has 2 fully saturated rings. The molecule has 0 aromatic heterocycles. The van der Waals surface area contributed by atoms with Gasteiger partial charge < -0.3 is 5.11 Å². The molecule has 2 saturated carbocycles. The van der Waals surface area contributed by atoms with E-state index >= 15 is 0 Å². The molecular formula is C17H24O. The number of benzene rings is 1. The molecule has 1 nitrogen and oxygen atoms in total. The normalized spacial score (nSPS) is 25.4. The lowest BCUT2D eigenvalue weighted by molar-refractivity contribution is -0.0322. The van der Waals surface area contributed by atoms with Crippen LogP contribution in [0, 0.1) is 5.41 Å². The van der Waals surface area contributed by atoms with Crippen LogP contribution in [0.5, 0.6) is 0 Å². The van der Waals surface area contributed by atoms with Crippen molar-refractivity contribution in [1.29, 1.82) is 0 Å². The molecule has 1 spiro atoms. The third-order valence-corrected chi connectivity index (χ3v) is 5.28. The van der Waals surface area contributed by atoms with Gasteiger partial charge in [-0.05, 0) is 49.5 Å². The van der Waals surface area contributed by atoms with E-state index in [1.54, 1.807) is 0 Å². The van der Waals surface area contributed by atoms with E-state index in [1.807, 2.05) is 6.07 Å². The molecule has 98 valence electrons. The van der Waals surface area contributed by atoms with E-state index < -0.39 is 5.60 Å². The van der Waals surface area contributed by atoms with Gasteiger partial charge in [-0.15, -0.1) is 0 Å². The van der Waals surface area contributed by atoms with Gasteiger partial charge >= 0.3 is 0 Å². The van der Waals surface area contributed by atoms with Crippen LogP contribution in [0.4, 0.5) is 0 Å². The standard InChI is InChI=1S/C17H24O/c18-17(14-15-6-2-1-3-7-15)12-10-16(11-13-17)8-4-5-9-16/h1-3,6-7,18H,4-5,8-14H2. The van der Waals surface area contributed by atoms with E-state index in [9.17, 15) is 5.11 Å². The minimum absolute atomic E-state index is 0.435. The predicted octanol–water partition coefficient (Wildman–Crippen LogP) is 4.09. The van der Waals surface area contributed by atoms with Gasteiger partial charge in [0.1, 0.15) is 0 Å². The number of hydrogen-bond donors (Lipinski definition) is 1. The van der Waals surface area contributed by atoms with E-state index in [0.29, 0.717) is 5.41 Å². The Morgan fingerprint density at radius 2 is 1.44 bits per heavy atom. The molecule has 0 aliphatic heterocycles. The van der Waals surface area contributed by atoms with Gasteiger partial charge in [0.2, 0.25) is 0 Å². The van der Waals surface area contributed by atoms with E-state index in [-0.39, 0.29) is 0 Å². The van der Waals surface area contributed by atoms with Crippen LogP contribution in [-0.2, 0) is 6.42 Å². The molecule has 2 aliphatic carbocycles. The molecule has 1 aromatic carbocycles. The molecule has 0 bridgehead atoms. The zero-order valence-corrected chi connectivity index (χ0v) is 11.2. The molecule has 1 aromatic rings. The van der Waals surface area contributed by atoms with Gasteiger partial charge in [0.05, 0.1) is 5.60 Å². The van der Waals surface area contributed by atoms with Crippen molar-refractivity contribution >= 4 is 0 Å². The summed E-state index contributed by atoms with van der Waals surface area (Å²) in [5.74, 6) is 0. The van der Waals surface area contributed by atoms with Crippen molar-refractivity contribution in [3.05, 3.63) is 35.9 Å². The second-order valence-corrected chi connectivity index (χ2v) is 6.59. The maximum absolute atomic E-state index is 10.8. The average molecular weight is 244 g/mol. The second kappa shape index (κ2) is 4.70. The highest BCUT2D eigenvalue weighted by Gasteiger charge is 2.42. The van der Waals surface area contributed by atoms with Crippen LogP contribution in [0.3, 0.4) is 0 Å². The van der Waals surface area contributed by atoms with Gasteiger partial charge in [-0.2, -0.15) is 0 Å². The highest BCUT2D eigenvalue weighted by Crippen LogP contribution is 2.51. The molecule has 1 N–H and O–H groups in total. The summed E-state index contributed by atoms with van der Waals surface area (Å²) < 4.78 is 0. The van der Waals surface area contributed by atoms with Crippen molar-refractivity contribution in [2.75, 3.05) is 0 Å². The largest absolute Gasteiger partial charge is 0.390 e. The first-order chi connectivity index (χ1) is 8.70. The van der Waals surface area contributed by atoms with E-state index in [4.69, 9.17) is 0 Å². The first-order valence-electron chi connectivity index (χ1n) is 7.46. The maximum atomic E-state index is 10.8. The van der Waals surface area contributed by atoms with Crippen LogP contribution in [0.2, 0.25) is 0 Å². The molecule has 3 rings (SSSR count). The van der Waals surface area contributed by atoms with Crippen LogP contribution >= 0.6 is 0 Å². The molecule has 2 aliphatic rings. The fraction of sp³-hybridized carbons (Fsp3) is 0.647. The van der Waals surface area contributed by atoms with Crippen LogP contribution < -0.4 is 0 Å². The number of rotatable bonds is 2. The van der Waals surface area contributed by atoms with Crippen molar-refractivity contribution in [1.82, 2.24) is 0 Å². The molecule has 0 radical (unpaired) electrons. The van der Waals surface area contributed by atoms with Gasteiger partial charge in [0.15, 0.2) is 0 Å². The summed E-state index contributed by atoms with van der Waals surface area (Å²) in [7, 11) is 0. The number of hydrogen-bond acceptors (Lipinski definition) is 1. The Labute approximate surface area is 110 Å². The van der Waals surface area contributed by atoms with Crippen LogP contribution in [-0.4, -0.2) is 10.7 Å². The molecule has 1 heteroatoms. The molecule has 0 heterocycles. The summed E-state index contributed by atoms with van der Waals surface area (Å²) in [4.78, 5) is 0. The topological polar surface area (TPSA) is 20.2 Å². The van der Waals surface area contributed by atoms with Gasteiger partial charge in [0, 0.05) is 6.42 Å². The summed E-state index contributed by atoms with van der Waals surface area (Å²) in [6.07, 6.45) is 11.0. The Balaban J connectivity index is 1.63. The van der Waals surface area contributed by atoms with Crippen molar-refractivity contribution < 1.29 is 5.11 Å². The Hall–Kier alpha value is -0.820. The molecule has 18 heavy (non-hydrogen) atoms. The molecule has 0 saturated heterocycles. The third kappa shape index (κ3) is 2.47. The Morgan fingerprint density at radius 1 is 0.833 bits per heavy atom. The quantitative estimate of drug-likeness (QED) is 0.830. The van der Waals surface area contributed by atoms with Crippen molar-refractivity contribution in [3.8, 4) is 0 Å². The highest BCUT2D eigenvalue weighted by atomic mass is 16.3. The SMILES string of the molecule is OC1(Cc2ccccc2)CCC2(CCCC2)CC1. The maximum Gasteiger partial charge on any atom is 0.0688 e. The monoisotopic (exact) mass is 244 g/mol. The van der Waals surface area contributed by atoms with Crippen molar-refractivity contribution in [3.63, 3.8) is 0 Å². The summed E-state index contributed by atoms with van der Waals surface area (Å²) >= 11 is 0. The zero-order valence-electron chi connectivity index (χ0n) is 11.2. The van der Waals surface area contributed by atoms with E-state index in [0.717, 1.165) is 19.3 Å². The lowest BCUT2D eigenvalue weighted by Crippen LogP contribution is -2.39. The molecule has 0 unspecified atom stereocenters. The average Bonchev–Trinajstić information content (AvgIpc) is 2.84. The fourth-order valence-electron chi connectivity index (χ4n) is 4.02. The Morgan fingerprint density at radius 3 is 2.06 bits per heavy atom. The van der Waals surface area contributed by atoms with Crippen LogP contribution in [0.1, 0.15) is 56.9 Å². The minimum Gasteiger partial charge on any atom is -0.390 e. The second-order valence-electron chi connectivity index (χ2n) is 6.59. The molecule has 0 amide bonds. The van der Waals surface area contributed by atoms with Crippen molar-refractivity contribution in [2.24, 2.45) is 5.41 Å². The van der Waals surface area contributed by atoms with E-state index in [1.165, 1.54) is 44.1 Å². The minimum atomic E-state index is -0.435. The fourth-order valence-corrected chi connectivity index (χ4v) is 4.02. The Kier molecular flexibility index (Phi) is 3.19. The third-order valence-electron chi connectivity index (χ3n) is 5.28. The lowest BCUT2D eigenvalue weighted by atomic mass is 9.66.